The van der Waals surface area contributed by atoms with Crippen LogP contribution in [0.2, 0.25) is 0 Å². The van der Waals surface area contributed by atoms with Gasteiger partial charge in [-0.2, -0.15) is 5.01 Å². The normalized spacial score (nSPS) is 16.9. The van der Waals surface area contributed by atoms with E-state index < -0.39 is 11.7 Å². The molecule has 2 N–H and O–H groups in total. The molecule has 0 aromatic heterocycles. The summed E-state index contributed by atoms with van der Waals surface area (Å²) >= 11 is 0. The van der Waals surface area contributed by atoms with Gasteiger partial charge >= 0.3 is 11.7 Å². The molecule has 0 unspecified atom stereocenters. The summed E-state index contributed by atoms with van der Waals surface area (Å²) in [5.74, 6) is -2.92. The lowest BCUT2D eigenvalue weighted by atomic mass is 10.2. The molecule has 0 fully saturated rings. The van der Waals surface area contributed by atoms with Crippen LogP contribution in [0.15, 0.2) is 29.4 Å². The summed E-state index contributed by atoms with van der Waals surface area (Å²) < 4.78 is 5.05. The number of benzene rings is 1. The number of anilines is 1. The fraction of sp³-hybridized carbons (Fsp3) is 0.429. The molecular weight excluding hydrogens is 274 g/mol. The minimum atomic E-state index is -2.61. The highest BCUT2D eigenvalue weighted by atomic mass is 16.5. The maximum atomic E-state index is 12.2. The zero-order valence-electron chi connectivity index (χ0n) is 12.3. The van der Waals surface area contributed by atoms with E-state index in [1.165, 1.54) is 0 Å². The second-order valence-electron chi connectivity index (χ2n) is 4.58. The second kappa shape index (κ2) is 5.71. The van der Waals surface area contributed by atoms with Gasteiger partial charge in [0.05, 0.1) is 12.8 Å². The van der Waals surface area contributed by atoms with Gasteiger partial charge in [0.15, 0.2) is 5.84 Å². The highest BCUT2D eigenvalue weighted by Crippen LogP contribution is 2.27. The third-order valence-corrected chi connectivity index (χ3v) is 3.38. The van der Waals surface area contributed by atoms with E-state index in [4.69, 9.17) is 4.74 Å². The summed E-state index contributed by atoms with van der Waals surface area (Å²) in [5, 5.41) is 25.2. The maximum absolute atomic E-state index is 12.2. The largest absolute Gasteiger partial charge is 0.497 e. The van der Waals surface area contributed by atoms with E-state index in [0.717, 1.165) is 5.01 Å². The summed E-state index contributed by atoms with van der Waals surface area (Å²) in [6.45, 7) is 4.73. The topological polar surface area (TPSA) is 85.6 Å². The summed E-state index contributed by atoms with van der Waals surface area (Å²) in [6, 6.07) is 6.59. The Hall–Kier alpha value is -2.12. The number of rotatable bonds is 4. The molecule has 2 rings (SSSR count). The lowest BCUT2D eigenvalue weighted by Gasteiger charge is -2.25. The van der Waals surface area contributed by atoms with Gasteiger partial charge in [-0.15, -0.1) is 5.10 Å². The smallest absolute Gasteiger partial charge is 0.315 e. The lowest BCUT2D eigenvalue weighted by Crippen LogP contribution is -2.52. The first-order valence-electron chi connectivity index (χ1n) is 6.73. The predicted octanol–water partition coefficient (Wildman–Crippen LogP) is 0.378. The molecule has 0 atom stereocenters. The van der Waals surface area contributed by atoms with Gasteiger partial charge < -0.3 is 19.8 Å². The molecule has 1 aliphatic heterocycles. The van der Waals surface area contributed by atoms with Crippen molar-refractivity contribution < 1.29 is 19.7 Å². The number of amides is 1. The van der Waals surface area contributed by atoms with Crippen LogP contribution in [0.3, 0.4) is 0 Å². The van der Waals surface area contributed by atoms with E-state index in [0.29, 0.717) is 24.5 Å². The zero-order chi connectivity index (χ0) is 15.6. The van der Waals surface area contributed by atoms with Crippen molar-refractivity contribution in [3.05, 3.63) is 24.3 Å². The predicted molar refractivity (Wildman–Crippen MR) is 78.0 cm³/mol. The fourth-order valence-corrected chi connectivity index (χ4v) is 2.16. The van der Waals surface area contributed by atoms with Crippen molar-refractivity contribution in [1.82, 2.24) is 4.90 Å². The number of hydrazone groups is 1. The second-order valence-corrected chi connectivity index (χ2v) is 4.58. The standard InChI is InChI=1S/C14H19N3O4/c1-4-16(5-2)12-14(19,20)13(18)17(15-12)10-6-8-11(21-3)9-7-10/h6-9,19-20H,4-5H2,1-3H3. The minimum absolute atomic E-state index is 0.0617. The molecular formula is C14H19N3O4. The fourth-order valence-electron chi connectivity index (χ4n) is 2.16. The van der Waals surface area contributed by atoms with Crippen molar-refractivity contribution in [2.24, 2.45) is 5.10 Å². The zero-order valence-corrected chi connectivity index (χ0v) is 12.3. The Morgan fingerprint density at radius 2 is 1.81 bits per heavy atom. The van der Waals surface area contributed by atoms with Crippen LogP contribution in [-0.4, -0.2) is 52.8 Å². The van der Waals surface area contributed by atoms with Gasteiger partial charge in [-0.1, -0.05) is 0 Å². The van der Waals surface area contributed by atoms with Crippen molar-refractivity contribution in [3.8, 4) is 5.75 Å². The van der Waals surface area contributed by atoms with Crippen LogP contribution < -0.4 is 9.75 Å². The number of hydrogen-bond acceptors (Lipinski definition) is 6. The molecule has 0 spiro atoms. The van der Waals surface area contributed by atoms with Crippen LogP contribution in [0, 0.1) is 0 Å². The number of nitrogens with zero attached hydrogens (tertiary/aromatic N) is 3. The van der Waals surface area contributed by atoms with Crippen molar-refractivity contribution in [2.75, 3.05) is 25.2 Å². The van der Waals surface area contributed by atoms with E-state index in [1.807, 2.05) is 13.8 Å². The number of methoxy groups -OCH3 is 1. The van der Waals surface area contributed by atoms with E-state index in [2.05, 4.69) is 5.10 Å². The molecule has 21 heavy (non-hydrogen) atoms. The summed E-state index contributed by atoms with van der Waals surface area (Å²) in [4.78, 5) is 13.8. The molecule has 7 nitrogen and oxygen atoms in total. The van der Waals surface area contributed by atoms with E-state index in [1.54, 1.807) is 36.3 Å². The number of amidine groups is 1. The molecule has 0 bridgehead atoms. The van der Waals surface area contributed by atoms with Gasteiger partial charge in [-0.3, -0.25) is 4.79 Å². The highest BCUT2D eigenvalue weighted by molar-refractivity contribution is 6.19. The van der Waals surface area contributed by atoms with Gasteiger partial charge in [-0.05, 0) is 38.1 Å². The van der Waals surface area contributed by atoms with Crippen LogP contribution in [-0.2, 0) is 4.79 Å². The lowest BCUT2D eigenvalue weighted by molar-refractivity contribution is -0.157. The molecule has 0 radical (unpaired) electrons. The van der Waals surface area contributed by atoms with Crippen molar-refractivity contribution in [3.63, 3.8) is 0 Å². The first-order valence-corrected chi connectivity index (χ1v) is 6.73. The molecule has 1 amide bonds. The van der Waals surface area contributed by atoms with Crippen LogP contribution in [0.4, 0.5) is 5.69 Å². The average molecular weight is 293 g/mol. The number of likely N-dealkylation sites (N-methyl/N-ethyl adjacent to an activating group) is 1. The van der Waals surface area contributed by atoms with Crippen LogP contribution in [0.25, 0.3) is 0 Å². The Balaban J connectivity index is 2.37. The van der Waals surface area contributed by atoms with Gasteiger partial charge in [0.25, 0.3) is 0 Å². The monoisotopic (exact) mass is 293 g/mol. The first kappa shape index (κ1) is 15.3. The number of ether oxygens (including phenoxy) is 1. The van der Waals surface area contributed by atoms with Gasteiger partial charge in [0.2, 0.25) is 0 Å². The van der Waals surface area contributed by atoms with E-state index in [9.17, 15) is 15.0 Å². The van der Waals surface area contributed by atoms with Crippen molar-refractivity contribution in [2.45, 2.75) is 19.6 Å². The number of hydrogen-bond donors (Lipinski definition) is 2. The maximum Gasteiger partial charge on any atom is 0.315 e. The molecule has 1 aromatic rings. The molecule has 114 valence electrons. The third kappa shape index (κ3) is 2.57. The molecule has 0 aliphatic carbocycles. The van der Waals surface area contributed by atoms with Crippen LogP contribution >= 0.6 is 0 Å². The SMILES string of the molecule is CCN(CC)C1=NN(c2ccc(OC)cc2)C(=O)C1(O)O. The average Bonchev–Trinajstić information content (AvgIpc) is 2.73. The Bertz CT molecular complexity index is 550. The molecule has 0 saturated heterocycles. The molecule has 0 saturated carbocycles. The quantitative estimate of drug-likeness (QED) is 0.784. The summed E-state index contributed by atoms with van der Waals surface area (Å²) in [5.41, 5.74) is 0.440. The molecule has 1 heterocycles. The molecule has 7 heteroatoms. The summed E-state index contributed by atoms with van der Waals surface area (Å²) in [7, 11) is 1.54. The number of carbonyl (C=O) groups is 1. The Morgan fingerprint density at radius 3 is 2.29 bits per heavy atom. The number of aliphatic hydroxyl groups is 2. The third-order valence-electron chi connectivity index (χ3n) is 3.38. The Kier molecular flexibility index (Phi) is 4.15. The highest BCUT2D eigenvalue weighted by Gasteiger charge is 2.51. The van der Waals surface area contributed by atoms with Crippen molar-refractivity contribution >= 4 is 17.4 Å². The van der Waals surface area contributed by atoms with Crippen LogP contribution in [0.1, 0.15) is 13.8 Å². The Labute approximate surface area is 123 Å². The molecule has 1 aliphatic rings. The van der Waals surface area contributed by atoms with Gasteiger partial charge in [0, 0.05) is 13.1 Å². The van der Waals surface area contributed by atoms with E-state index in [-0.39, 0.29) is 5.84 Å². The Morgan fingerprint density at radius 1 is 1.24 bits per heavy atom. The van der Waals surface area contributed by atoms with Gasteiger partial charge in [0.1, 0.15) is 5.75 Å². The number of carbonyl (C=O) groups excluding carboxylic acids is 1. The first-order chi connectivity index (χ1) is 9.95. The van der Waals surface area contributed by atoms with Gasteiger partial charge in [-0.25, -0.2) is 0 Å². The van der Waals surface area contributed by atoms with Crippen LogP contribution in [0.5, 0.6) is 5.75 Å². The van der Waals surface area contributed by atoms with Crippen molar-refractivity contribution in [1.29, 1.82) is 0 Å². The summed E-state index contributed by atoms with van der Waals surface area (Å²) in [6.07, 6.45) is 0. The molecule has 1 aromatic carbocycles. The minimum Gasteiger partial charge on any atom is -0.497 e. The van der Waals surface area contributed by atoms with E-state index >= 15 is 0 Å².